The summed E-state index contributed by atoms with van der Waals surface area (Å²) in [6.45, 7) is 4.21. The summed E-state index contributed by atoms with van der Waals surface area (Å²) in [5, 5.41) is 0. The predicted molar refractivity (Wildman–Crippen MR) is 71.2 cm³/mol. The number of hydrogen-bond acceptors (Lipinski definition) is 5. The van der Waals surface area contributed by atoms with Crippen LogP contribution >= 0.6 is 7.60 Å². The Bertz CT molecular complexity index is 415. The molecule has 0 amide bonds. The third kappa shape index (κ3) is 3.73. The smallest absolute Gasteiger partial charge is 0.377 e. The molecule has 0 bridgehead atoms. The lowest BCUT2D eigenvalue weighted by molar-refractivity contribution is 0.219. The van der Waals surface area contributed by atoms with Gasteiger partial charge >= 0.3 is 7.60 Å². The Hall–Kier alpha value is -1.03. The van der Waals surface area contributed by atoms with Gasteiger partial charge in [0, 0.05) is 20.2 Å². The van der Waals surface area contributed by atoms with Crippen molar-refractivity contribution in [2.45, 2.75) is 13.8 Å². The minimum Gasteiger partial charge on any atom is -0.465 e. The van der Waals surface area contributed by atoms with Gasteiger partial charge in [0.2, 0.25) is 0 Å². The van der Waals surface area contributed by atoms with E-state index in [-0.39, 0.29) is 0 Å². The number of nitrogens with zero attached hydrogens (tertiary/aromatic N) is 1. The molecule has 102 valence electrons. The Morgan fingerprint density at radius 1 is 1.39 bits per heavy atom. The molecule has 1 aromatic heterocycles. The zero-order valence-electron chi connectivity index (χ0n) is 11.3. The van der Waals surface area contributed by atoms with Crippen LogP contribution in [0.3, 0.4) is 0 Å². The SMILES string of the molecule is CCOP(=O)(OCC)/C(=C/c1ccco1)N(C)C. The van der Waals surface area contributed by atoms with Crippen molar-refractivity contribution < 1.29 is 18.0 Å². The molecule has 0 aliphatic rings. The molecule has 0 unspecified atom stereocenters. The summed E-state index contributed by atoms with van der Waals surface area (Å²) in [6, 6.07) is 3.55. The monoisotopic (exact) mass is 273 g/mol. The summed E-state index contributed by atoms with van der Waals surface area (Å²) in [5.74, 6) is 0.610. The van der Waals surface area contributed by atoms with Gasteiger partial charge in [-0.1, -0.05) is 0 Å². The zero-order chi connectivity index (χ0) is 13.6. The van der Waals surface area contributed by atoms with Crippen LogP contribution < -0.4 is 0 Å². The van der Waals surface area contributed by atoms with Gasteiger partial charge in [0.15, 0.2) is 0 Å². The topological polar surface area (TPSA) is 51.9 Å². The van der Waals surface area contributed by atoms with Crippen LogP contribution in [-0.4, -0.2) is 32.2 Å². The standard InChI is InChI=1S/C12H20NO4P/c1-5-16-18(14,17-6-2)12(13(3)4)10-11-8-7-9-15-11/h7-10H,5-6H2,1-4H3/b12-10+. The average molecular weight is 273 g/mol. The van der Waals surface area contributed by atoms with Crippen LogP contribution in [0.15, 0.2) is 28.3 Å². The molecule has 0 aromatic carbocycles. The van der Waals surface area contributed by atoms with Gasteiger partial charge in [-0.25, -0.2) is 0 Å². The molecule has 0 N–H and O–H groups in total. The Kier molecular flexibility index (Phi) is 5.66. The van der Waals surface area contributed by atoms with E-state index in [1.165, 1.54) is 0 Å². The van der Waals surface area contributed by atoms with Crippen LogP contribution in [-0.2, 0) is 13.6 Å². The largest absolute Gasteiger partial charge is 0.465 e. The van der Waals surface area contributed by atoms with E-state index in [0.717, 1.165) is 0 Å². The fourth-order valence-electron chi connectivity index (χ4n) is 1.46. The Morgan fingerprint density at radius 3 is 2.39 bits per heavy atom. The zero-order valence-corrected chi connectivity index (χ0v) is 12.1. The van der Waals surface area contributed by atoms with E-state index in [1.54, 1.807) is 57.3 Å². The van der Waals surface area contributed by atoms with Crippen molar-refractivity contribution in [1.29, 1.82) is 0 Å². The van der Waals surface area contributed by atoms with Gasteiger partial charge in [-0.3, -0.25) is 4.57 Å². The van der Waals surface area contributed by atoms with E-state index in [0.29, 0.717) is 24.4 Å². The first-order chi connectivity index (χ1) is 8.53. The van der Waals surface area contributed by atoms with Gasteiger partial charge in [0.1, 0.15) is 11.2 Å². The Morgan fingerprint density at radius 2 is 2.00 bits per heavy atom. The van der Waals surface area contributed by atoms with Gasteiger partial charge in [-0.2, -0.15) is 0 Å². The molecule has 0 radical (unpaired) electrons. The molecule has 1 rings (SSSR count). The van der Waals surface area contributed by atoms with Crippen molar-refractivity contribution in [3.8, 4) is 0 Å². The van der Waals surface area contributed by atoms with Gasteiger partial charge in [0.25, 0.3) is 0 Å². The van der Waals surface area contributed by atoms with Crippen molar-refractivity contribution in [1.82, 2.24) is 4.90 Å². The van der Waals surface area contributed by atoms with Crippen LogP contribution in [0.5, 0.6) is 0 Å². The summed E-state index contributed by atoms with van der Waals surface area (Å²) >= 11 is 0. The maximum atomic E-state index is 12.7. The molecule has 1 heterocycles. The second kappa shape index (κ2) is 6.78. The third-order valence-electron chi connectivity index (χ3n) is 2.15. The highest BCUT2D eigenvalue weighted by Gasteiger charge is 2.31. The first-order valence-electron chi connectivity index (χ1n) is 5.85. The highest BCUT2D eigenvalue weighted by atomic mass is 31.2. The Labute approximate surface area is 108 Å². The quantitative estimate of drug-likeness (QED) is 0.712. The van der Waals surface area contributed by atoms with Gasteiger partial charge in [0.05, 0.1) is 19.5 Å². The van der Waals surface area contributed by atoms with E-state index >= 15 is 0 Å². The molecular formula is C12H20NO4P. The van der Waals surface area contributed by atoms with Crippen molar-refractivity contribution in [2.75, 3.05) is 27.3 Å². The van der Waals surface area contributed by atoms with Crippen molar-refractivity contribution in [2.24, 2.45) is 0 Å². The number of hydrogen-bond donors (Lipinski definition) is 0. The second-order valence-corrected chi connectivity index (χ2v) is 5.71. The molecule has 6 heteroatoms. The van der Waals surface area contributed by atoms with E-state index in [9.17, 15) is 4.57 Å². The second-order valence-electron chi connectivity index (χ2n) is 3.75. The fraction of sp³-hybridized carbons (Fsp3) is 0.500. The average Bonchev–Trinajstić information content (AvgIpc) is 2.78. The molecule has 0 saturated carbocycles. The summed E-state index contributed by atoms with van der Waals surface area (Å²) in [7, 11) is 0.283. The summed E-state index contributed by atoms with van der Waals surface area (Å²) in [6.07, 6.45) is 3.23. The molecule has 5 nitrogen and oxygen atoms in total. The fourth-order valence-corrected chi connectivity index (χ4v) is 3.26. The molecule has 0 spiro atoms. The number of rotatable bonds is 7. The van der Waals surface area contributed by atoms with Crippen molar-refractivity contribution in [3.05, 3.63) is 29.6 Å². The van der Waals surface area contributed by atoms with E-state index in [2.05, 4.69) is 0 Å². The third-order valence-corrected chi connectivity index (χ3v) is 4.44. The lowest BCUT2D eigenvalue weighted by Crippen LogP contribution is -2.14. The van der Waals surface area contributed by atoms with Crippen LogP contribution in [0.4, 0.5) is 0 Å². The van der Waals surface area contributed by atoms with Crippen LogP contribution in [0.25, 0.3) is 6.08 Å². The molecule has 0 aliphatic carbocycles. The highest BCUT2D eigenvalue weighted by Crippen LogP contribution is 2.57. The van der Waals surface area contributed by atoms with Gasteiger partial charge in [-0.15, -0.1) is 0 Å². The van der Waals surface area contributed by atoms with Crippen LogP contribution in [0, 0.1) is 0 Å². The predicted octanol–water partition coefficient (Wildman–Crippen LogP) is 3.41. The molecule has 1 aromatic rings. The van der Waals surface area contributed by atoms with Gasteiger partial charge < -0.3 is 18.4 Å². The maximum Gasteiger partial charge on any atom is 0.377 e. The van der Waals surface area contributed by atoms with Crippen molar-refractivity contribution >= 4 is 13.7 Å². The van der Waals surface area contributed by atoms with E-state index in [1.807, 2.05) is 0 Å². The van der Waals surface area contributed by atoms with E-state index in [4.69, 9.17) is 13.5 Å². The molecule has 0 fully saturated rings. The maximum absolute atomic E-state index is 12.7. The molecule has 0 saturated heterocycles. The van der Waals surface area contributed by atoms with Crippen LogP contribution in [0.2, 0.25) is 0 Å². The number of furan rings is 1. The molecule has 0 atom stereocenters. The highest BCUT2D eigenvalue weighted by molar-refractivity contribution is 7.58. The first kappa shape index (κ1) is 15.0. The van der Waals surface area contributed by atoms with Crippen LogP contribution in [0.1, 0.15) is 19.6 Å². The van der Waals surface area contributed by atoms with Gasteiger partial charge in [-0.05, 0) is 26.0 Å². The lowest BCUT2D eigenvalue weighted by atomic mass is 10.4. The minimum atomic E-state index is -3.30. The summed E-state index contributed by atoms with van der Waals surface area (Å²) < 4.78 is 28.6. The molecular weight excluding hydrogens is 253 g/mol. The first-order valence-corrected chi connectivity index (χ1v) is 7.40. The van der Waals surface area contributed by atoms with E-state index < -0.39 is 7.60 Å². The Balaban J connectivity index is 3.13. The van der Waals surface area contributed by atoms with Crippen molar-refractivity contribution in [3.63, 3.8) is 0 Å². The molecule has 0 aliphatic heterocycles. The lowest BCUT2D eigenvalue weighted by Gasteiger charge is -2.24. The molecule has 18 heavy (non-hydrogen) atoms. The normalized spacial score (nSPS) is 12.8. The summed E-state index contributed by atoms with van der Waals surface area (Å²) in [4.78, 5) is 1.72. The minimum absolute atomic E-state index is 0.320. The summed E-state index contributed by atoms with van der Waals surface area (Å²) in [5.41, 5.74) is 0.473.